The van der Waals surface area contributed by atoms with Gasteiger partial charge in [0.05, 0.1) is 17.6 Å². The van der Waals surface area contributed by atoms with Gasteiger partial charge in [-0.1, -0.05) is 13.8 Å². The van der Waals surface area contributed by atoms with Gasteiger partial charge in [0.25, 0.3) is 5.91 Å². The number of carbonyl (C=O) groups is 2. The minimum Gasteiger partial charge on any atom is -0.345 e. The SMILES string of the molecule is CCn1c(CN2CCN(C(=O)NCCC(C)C)CC2)nc2cc(C(=O)N(C)C)ccc21. The van der Waals surface area contributed by atoms with Crippen LogP contribution < -0.4 is 5.32 Å². The Labute approximate surface area is 185 Å². The Morgan fingerprint density at radius 3 is 2.48 bits per heavy atom. The molecule has 1 N–H and O–H groups in total. The third-order valence-electron chi connectivity index (χ3n) is 5.82. The molecule has 0 unspecified atom stereocenters. The van der Waals surface area contributed by atoms with Crippen LogP contribution in [0.15, 0.2) is 18.2 Å². The fraction of sp³-hybridized carbons (Fsp3) is 0.609. The number of hydrogen-bond acceptors (Lipinski definition) is 4. The number of nitrogens with one attached hydrogen (secondary N) is 1. The molecule has 1 aromatic carbocycles. The van der Waals surface area contributed by atoms with E-state index in [4.69, 9.17) is 4.98 Å². The van der Waals surface area contributed by atoms with Crippen LogP contribution in [0.1, 0.15) is 43.4 Å². The molecular weight excluding hydrogens is 392 g/mol. The van der Waals surface area contributed by atoms with Crippen molar-refractivity contribution in [2.24, 2.45) is 5.92 Å². The first kappa shape index (κ1) is 23.1. The van der Waals surface area contributed by atoms with E-state index in [1.807, 2.05) is 23.1 Å². The lowest BCUT2D eigenvalue weighted by atomic mass is 10.1. The topological polar surface area (TPSA) is 73.7 Å². The smallest absolute Gasteiger partial charge is 0.317 e. The molecule has 3 amide bonds. The Morgan fingerprint density at radius 2 is 1.87 bits per heavy atom. The summed E-state index contributed by atoms with van der Waals surface area (Å²) in [6.45, 7) is 11.8. The number of fused-ring (bicyclic) bond motifs is 1. The van der Waals surface area contributed by atoms with Gasteiger partial charge >= 0.3 is 6.03 Å². The number of hydrogen-bond donors (Lipinski definition) is 1. The zero-order chi connectivity index (χ0) is 22.5. The average molecular weight is 429 g/mol. The summed E-state index contributed by atoms with van der Waals surface area (Å²) in [6, 6.07) is 5.79. The van der Waals surface area contributed by atoms with Crippen molar-refractivity contribution in [3.05, 3.63) is 29.6 Å². The van der Waals surface area contributed by atoms with Crippen molar-refractivity contribution in [1.29, 1.82) is 0 Å². The second-order valence-electron chi connectivity index (χ2n) is 8.85. The third-order valence-corrected chi connectivity index (χ3v) is 5.82. The second-order valence-corrected chi connectivity index (χ2v) is 8.85. The van der Waals surface area contributed by atoms with Crippen LogP contribution >= 0.6 is 0 Å². The molecule has 2 heterocycles. The maximum atomic E-state index is 12.3. The van der Waals surface area contributed by atoms with Gasteiger partial charge in [0.1, 0.15) is 5.82 Å². The Kier molecular flexibility index (Phi) is 7.54. The summed E-state index contributed by atoms with van der Waals surface area (Å²) in [4.78, 5) is 35.3. The van der Waals surface area contributed by atoms with Crippen LogP contribution in [0.2, 0.25) is 0 Å². The zero-order valence-electron chi connectivity index (χ0n) is 19.5. The fourth-order valence-corrected chi connectivity index (χ4v) is 3.93. The summed E-state index contributed by atoms with van der Waals surface area (Å²) in [6.07, 6.45) is 1.00. The van der Waals surface area contributed by atoms with Crippen LogP contribution in [-0.2, 0) is 13.1 Å². The Balaban J connectivity index is 1.63. The summed E-state index contributed by atoms with van der Waals surface area (Å²) in [7, 11) is 3.51. The van der Waals surface area contributed by atoms with Crippen molar-refractivity contribution >= 4 is 23.0 Å². The molecule has 1 aromatic heterocycles. The van der Waals surface area contributed by atoms with Crippen molar-refractivity contribution in [2.45, 2.75) is 40.3 Å². The molecule has 1 saturated heterocycles. The van der Waals surface area contributed by atoms with E-state index < -0.39 is 0 Å². The first-order chi connectivity index (χ1) is 14.8. The van der Waals surface area contributed by atoms with Crippen LogP contribution in [0, 0.1) is 5.92 Å². The van der Waals surface area contributed by atoms with Crippen LogP contribution in [0.25, 0.3) is 11.0 Å². The molecule has 0 spiro atoms. The highest BCUT2D eigenvalue weighted by Crippen LogP contribution is 2.20. The summed E-state index contributed by atoms with van der Waals surface area (Å²) >= 11 is 0. The number of amides is 3. The molecule has 1 fully saturated rings. The highest BCUT2D eigenvalue weighted by molar-refractivity contribution is 5.97. The standard InChI is InChI=1S/C23H36N6O2/c1-6-29-20-8-7-18(22(30)26(4)5)15-19(20)25-21(29)16-27-11-13-28(14-12-27)23(31)24-10-9-17(2)3/h7-8,15,17H,6,9-14,16H2,1-5H3,(H,24,31). The number of aromatic nitrogens is 2. The highest BCUT2D eigenvalue weighted by Gasteiger charge is 2.23. The van der Waals surface area contributed by atoms with Gasteiger partial charge in [0, 0.05) is 58.9 Å². The molecule has 8 heteroatoms. The molecule has 0 bridgehead atoms. The van der Waals surface area contributed by atoms with Crippen LogP contribution in [0.3, 0.4) is 0 Å². The van der Waals surface area contributed by atoms with Crippen LogP contribution in [0.4, 0.5) is 4.79 Å². The van der Waals surface area contributed by atoms with E-state index >= 15 is 0 Å². The molecule has 170 valence electrons. The first-order valence-electron chi connectivity index (χ1n) is 11.3. The largest absolute Gasteiger partial charge is 0.345 e. The van der Waals surface area contributed by atoms with E-state index in [0.717, 1.165) is 69.1 Å². The van der Waals surface area contributed by atoms with Crippen LogP contribution in [-0.4, -0.2) is 83.0 Å². The molecule has 1 aliphatic heterocycles. The van der Waals surface area contributed by atoms with Crippen molar-refractivity contribution in [2.75, 3.05) is 46.8 Å². The molecule has 0 saturated carbocycles. The van der Waals surface area contributed by atoms with Crippen molar-refractivity contribution in [3.63, 3.8) is 0 Å². The van der Waals surface area contributed by atoms with Crippen molar-refractivity contribution in [3.8, 4) is 0 Å². The fourth-order valence-electron chi connectivity index (χ4n) is 3.93. The van der Waals surface area contributed by atoms with E-state index in [-0.39, 0.29) is 11.9 Å². The van der Waals surface area contributed by atoms with E-state index in [9.17, 15) is 9.59 Å². The molecule has 0 radical (unpaired) electrons. The summed E-state index contributed by atoms with van der Waals surface area (Å²) < 4.78 is 2.21. The first-order valence-corrected chi connectivity index (χ1v) is 11.3. The maximum Gasteiger partial charge on any atom is 0.317 e. The number of rotatable bonds is 7. The number of imidazole rings is 1. The molecule has 3 rings (SSSR count). The number of nitrogens with zero attached hydrogens (tertiary/aromatic N) is 5. The van der Waals surface area contributed by atoms with Crippen LogP contribution in [0.5, 0.6) is 0 Å². The lowest BCUT2D eigenvalue weighted by Crippen LogP contribution is -2.51. The van der Waals surface area contributed by atoms with Gasteiger partial charge in [-0.15, -0.1) is 0 Å². The van der Waals surface area contributed by atoms with Crippen molar-refractivity contribution in [1.82, 2.24) is 29.6 Å². The van der Waals surface area contributed by atoms with E-state index in [0.29, 0.717) is 11.5 Å². The molecule has 1 aliphatic rings. The Morgan fingerprint density at radius 1 is 1.16 bits per heavy atom. The third kappa shape index (κ3) is 5.55. The molecule has 8 nitrogen and oxygen atoms in total. The minimum absolute atomic E-state index is 0.0164. The van der Waals surface area contributed by atoms with Gasteiger partial charge < -0.3 is 19.7 Å². The number of aryl methyl sites for hydroxylation is 1. The number of benzene rings is 1. The monoisotopic (exact) mass is 428 g/mol. The minimum atomic E-state index is -0.0164. The summed E-state index contributed by atoms with van der Waals surface area (Å²) in [5.41, 5.74) is 2.56. The van der Waals surface area contributed by atoms with Gasteiger partial charge in [-0.3, -0.25) is 9.69 Å². The van der Waals surface area contributed by atoms with Gasteiger partial charge in [-0.2, -0.15) is 0 Å². The number of urea groups is 1. The molecule has 2 aromatic rings. The quantitative estimate of drug-likeness (QED) is 0.736. The number of piperazine rings is 1. The van der Waals surface area contributed by atoms with E-state index in [1.165, 1.54) is 0 Å². The molecular formula is C23H36N6O2. The lowest BCUT2D eigenvalue weighted by Gasteiger charge is -2.34. The predicted molar refractivity (Wildman–Crippen MR) is 123 cm³/mol. The maximum absolute atomic E-state index is 12.3. The average Bonchev–Trinajstić information content (AvgIpc) is 3.09. The van der Waals surface area contributed by atoms with Crippen molar-refractivity contribution < 1.29 is 9.59 Å². The second kappa shape index (κ2) is 10.1. The highest BCUT2D eigenvalue weighted by atomic mass is 16.2. The Hall–Kier alpha value is -2.61. The zero-order valence-corrected chi connectivity index (χ0v) is 19.5. The summed E-state index contributed by atoms with van der Waals surface area (Å²) in [5, 5.41) is 3.03. The predicted octanol–water partition coefficient (Wildman–Crippen LogP) is 2.63. The van der Waals surface area contributed by atoms with Gasteiger partial charge in [-0.25, -0.2) is 9.78 Å². The Bertz CT molecular complexity index is 912. The van der Waals surface area contributed by atoms with Gasteiger partial charge in [0.2, 0.25) is 0 Å². The molecule has 0 atom stereocenters. The number of carbonyl (C=O) groups excluding carboxylic acids is 2. The van der Waals surface area contributed by atoms with E-state index in [1.54, 1.807) is 19.0 Å². The van der Waals surface area contributed by atoms with Gasteiger partial charge in [-0.05, 0) is 37.5 Å². The lowest BCUT2D eigenvalue weighted by molar-refractivity contribution is 0.0827. The summed E-state index contributed by atoms with van der Waals surface area (Å²) in [5.74, 6) is 1.58. The molecule has 31 heavy (non-hydrogen) atoms. The van der Waals surface area contributed by atoms with E-state index in [2.05, 4.69) is 35.6 Å². The molecule has 0 aliphatic carbocycles. The normalized spacial score (nSPS) is 15.0. The van der Waals surface area contributed by atoms with Gasteiger partial charge in [0.15, 0.2) is 0 Å².